The van der Waals surface area contributed by atoms with Gasteiger partial charge in [0.05, 0.1) is 6.61 Å². The van der Waals surface area contributed by atoms with Crippen molar-refractivity contribution < 1.29 is 15.0 Å². The van der Waals surface area contributed by atoms with E-state index in [9.17, 15) is 4.57 Å². The Balaban J connectivity index is 0. The van der Waals surface area contributed by atoms with Crippen molar-refractivity contribution in [1.82, 2.24) is 0 Å². The fourth-order valence-electron chi connectivity index (χ4n) is 2.86. The highest BCUT2D eigenvalue weighted by molar-refractivity contribution is 7.33. The van der Waals surface area contributed by atoms with Gasteiger partial charge in [0, 0.05) is 7.11 Å². The second-order valence-electron chi connectivity index (χ2n) is 6.61. The van der Waals surface area contributed by atoms with Gasteiger partial charge >= 0.3 is 9.68 Å². The summed E-state index contributed by atoms with van der Waals surface area (Å²) in [7, 11) is -0.773. The molecule has 23 heavy (non-hydrogen) atoms. The van der Waals surface area contributed by atoms with E-state index in [2.05, 4.69) is 11.4 Å². The summed E-state index contributed by atoms with van der Waals surface area (Å²) in [5.41, 5.74) is 0. The third kappa shape index (κ3) is 20.1. The van der Waals surface area contributed by atoms with Crippen molar-refractivity contribution in [3.8, 4) is 0 Å². The summed E-state index contributed by atoms with van der Waals surface area (Å²) in [6.07, 6.45) is 21.8. The molecule has 1 atom stereocenters. The van der Waals surface area contributed by atoms with Crippen LogP contribution in [0.15, 0.2) is 0 Å². The van der Waals surface area contributed by atoms with Crippen LogP contribution in [0.25, 0.3) is 0 Å². The molecule has 0 bridgehead atoms. The summed E-state index contributed by atoms with van der Waals surface area (Å²) in [5, 5.41) is 0. The van der Waals surface area contributed by atoms with E-state index in [1.54, 1.807) is 0 Å². The minimum absolute atomic E-state index is 0. The van der Waals surface area contributed by atoms with Crippen LogP contribution in [0.5, 0.6) is 0 Å². The lowest BCUT2D eigenvalue weighted by Crippen LogP contribution is -1.88. The number of unbranched alkanes of at least 4 members (excludes halogenated alkanes) is 15. The van der Waals surface area contributed by atoms with Gasteiger partial charge in [0.25, 0.3) is 0 Å². The first-order valence-corrected chi connectivity index (χ1v) is 11.2. The molecule has 0 aromatic carbocycles. The molecule has 4 heteroatoms. The molecule has 0 heterocycles. The van der Waals surface area contributed by atoms with Crippen LogP contribution in [0.3, 0.4) is 0 Å². The van der Waals surface area contributed by atoms with E-state index in [-0.39, 0.29) is 1.43 Å². The van der Waals surface area contributed by atoms with Crippen molar-refractivity contribution in [3.05, 3.63) is 0 Å². The molecule has 0 saturated carbocycles. The second kappa shape index (κ2) is 20.2. The lowest BCUT2D eigenvalue weighted by Gasteiger charge is -2.04. The highest BCUT2D eigenvalue weighted by Gasteiger charge is 1.97. The van der Waals surface area contributed by atoms with Gasteiger partial charge < -0.3 is 9.05 Å². The number of hydrogen-bond acceptors (Lipinski definition) is 3. The fraction of sp³-hybridized carbons (Fsp3) is 1.00. The van der Waals surface area contributed by atoms with Crippen LogP contribution in [0.4, 0.5) is 0 Å². The van der Waals surface area contributed by atoms with Crippen LogP contribution in [0.2, 0.25) is 0 Å². The Hall–Kier alpha value is 0.150. The minimum atomic E-state index is -2.20. The first kappa shape index (κ1) is 23.1. The fourth-order valence-corrected chi connectivity index (χ4v) is 3.29. The summed E-state index contributed by atoms with van der Waals surface area (Å²) < 4.78 is 20.6. The maximum absolute atomic E-state index is 10.9. The largest absolute Gasteiger partial charge is 1.00 e. The zero-order valence-corrected chi connectivity index (χ0v) is 16.7. The van der Waals surface area contributed by atoms with E-state index < -0.39 is 8.25 Å². The molecule has 0 aliphatic carbocycles. The Kier molecular flexibility index (Phi) is 20.3. The average Bonchev–Trinajstić information content (AvgIpc) is 2.57. The van der Waals surface area contributed by atoms with E-state index in [1.165, 1.54) is 103 Å². The van der Waals surface area contributed by atoms with Gasteiger partial charge in [-0.25, -0.2) is 0 Å². The van der Waals surface area contributed by atoms with Gasteiger partial charge in [-0.15, -0.1) is 0 Å². The van der Waals surface area contributed by atoms with Crippen LogP contribution in [-0.2, 0) is 13.6 Å². The van der Waals surface area contributed by atoms with Crippen molar-refractivity contribution in [2.75, 3.05) is 13.7 Å². The van der Waals surface area contributed by atoms with Crippen LogP contribution >= 0.6 is 8.25 Å². The van der Waals surface area contributed by atoms with Crippen LogP contribution in [0, 0.1) is 0 Å². The second-order valence-corrected chi connectivity index (χ2v) is 7.80. The zero-order valence-electron chi connectivity index (χ0n) is 16.7. The molecule has 0 fully saturated rings. The Labute approximate surface area is 147 Å². The molecule has 0 saturated heterocycles. The third-order valence-electron chi connectivity index (χ3n) is 4.38. The van der Waals surface area contributed by atoms with Gasteiger partial charge in [-0.3, -0.25) is 4.57 Å². The maximum Gasteiger partial charge on any atom is 1.00 e. The van der Waals surface area contributed by atoms with Gasteiger partial charge in [0.1, 0.15) is 0 Å². The summed E-state index contributed by atoms with van der Waals surface area (Å²) >= 11 is 0. The van der Waals surface area contributed by atoms with Gasteiger partial charge in [-0.2, -0.15) is 0 Å². The molecule has 1 unspecified atom stereocenters. The van der Waals surface area contributed by atoms with E-state index >= 15 is 0 Å². The molecule has 0 aliphatic rings. The van der Waals surface area contributed by atoms with Crippen molar-refractivity contribution in [3.63, 3.8) is 0 Å². The molecule has 0 amide bonds. The molecule has 0 rings (SSSR count). The van der Waals surface area contributed by atoms with Gasteiger partial charge in [-0.1, -0.05) is 103 Å². The minimum Gasteiger partial charge on any atom is -0.314 e. The highest BCUT2D eigenvalue weighted by atomic mass is 31.1. The predicted octanol–water partition coefficient (Wildman–Crippen LogP) is 7.41. The smallest absolute Gasteiger partial charge is 0.314 e. The standard InChI is InChI=1S/C19H41O3P/c1-3-4-5-6-7-8-9-10-11-12-13-14-15-16-17-18-19-22-23(20)21-2/h23H,3-19H2,1-2H3/p+1. The van der Waals surface area contributed by atoms with Crippen molar-refractivity contribution >= 4 is 8.25 Å². The average molecular weight is 350 g/mol. The molecular formula is C19H42O3P+. The molecule has 0 aromatic rings. The first-order valence-electron chi connectivity index (χ1n) is 10.0. The quantitative estimate of drug-likeness (QED) is 0.180. The van der Waals surface area contributed by atoms with E-state index in [0.717, 1.165) is 6.42 Å². The summed E-state index contributed by atoms with van der Waals surface area (Å²) in [4.78, 5) is 0. The summed E-state index contributed by atoms with van der Waals surface area (Å²) in [6, 6.07) is 0. The maximum atomic E-state index is 10.9. The van der Waals surface area contributed by atoms with Gasteiger partial charge in [0.2, 0.25) is 0 Å². The molecule has 140 valence electrons. The first-order chi connectivity index (χ1) is 11.3. The van der Waals surface area contributed by atoms with Crippen molar-refractivity contribution in [2.45, 2.75) is 110 Å². The van der Waals surface area contributed by atoms with Gasteiger partial charge in [0.15, 0.2) is 0 Å². The Morgan fingerprint density at radius 3 is 1.35 bits per heavy atom. The van der Waals surface area contributed by atoms with Crippen molar-refractivity contribution in [2.24, 2.45) is 0 Å². The van der Waals surface area contributed by atoms with E-state index in [0.29, 0.717) is 6.61 Å². The molecule has 0 aromatic heterocycles. The molecule has 0 spiro atoms. The Morgan fingerprint density at radius 2 is 1.00 bits per heavy atom. The molecule has 3 nitrogen and oxygen atoms in total. The molecular weight excluding hydrogens is 307 g/mol. The van der Waals surface area contributed by atoms with Crippen LogP contribution in [0.1, 0.15) is 111 Å². The monoisotopic (exact) mass is 349 g/mol. The highest BCUT2D eigenvalue weighted by Crippen LogP contribution is 2.22. The molecule has 0 aliphatic heterocycles. The van der Waals surface area contributed by atoms with Crippen molar-refractivity contribution in [1.29, 1.82) is 0 Å². The predicted molar refractivity (Wildman–Crippen MR) is 103 cm³/mol. The zero-order chi connectivity index (χ0) is 17.0. The summed E-state index contributed by atoms with van der Waals surface area (Å²) in [6.45, 7) is 2.85. The molecule has 0 N–H and O–H groups in total. The Bertz CT molecular complexity index is 253. The van der Waals surface area contributed by atoms with Crippen LogP contribution in [-0.4, -0.2) is 13.7 Å². The van der Waals surface area contributed by atoms with E-state index in [1.807, 2.05) is 0 Å². The van der Waals surface area contributed by atoms with Gasteiger partial charge in [-0.05, 0) is 6.42 Å². The number of rotatable bonds is 19. The van der Waals surface area contributed by atoms with Crippen LogP contribution < -0.4 is 0 Å². The lowest BCUT2D eigenvalue weighted by molar-refractivity contribution is 0.250. The normalized spacial score (nSPS) is 12.6. The Morgan fingerprint density at radius 1 is 0.652 bits per heavy atom. The van der Waals surface area contributed by atoms with E-state index in [4.69, 9.17) is 4.52 Å². The number of hydrogen-bond donors (Lipinski definition) is 0. The summed E-state index contributed by atoms with van der Waals surface area (Å²) in [5.74, 6) is 0. The lowest BCUT2D eigenvalue weighted by atomic mass is 10.0. The third-order valence-corrected chi connectivity index (χ3v) is 5.16. The topological polar surface area (TPSA) is 35.5 Å². The molecule has 0 radical (unpaired) electrons. The SMILES string of the molecule is CCCCCCCCCCCCCCCCCCO[PH](=O)OC.[H+].